The number of aryl methyl sites for hydroxylation is 1. The number of nitrogens with zero attached hydrogens (tertiary/aromatic N) is 2. The van der Waals surface area contributed by atoms with Gasteiger partial charge >= 0.3 is 5.97 Å². The topological polar surface area (TPSA) is 113 Å². The molecule has 2 aromatic rings. The number of anilines is 1. The van der Waals surface area contributed by atoms with Gasteiger partial charge in [-0.1, -0.05) is 24.3 Å². The van der Waals surface area contributed by atoms with Crippen molar-refractivity contribution in [3.05, 3.63) is 81.6 Å². The van der Waals surface area contributed by atoms with Crippen molar-refractivity contribution in [1.29, 1.82) is 0 Å². The van der Waals surface area contributed by atoms with Gasteiger partial charge in [0, 0.05) is 43.2 Å². The lowest BCUT2D eigenvalue weighted by molar-refractivity contribution is -0.138. The van der Waals surface area contributed by atoms with E-state index >= 15 is 0 Å². The Morgan fingerprint density at radius 2 is 2.00 bits per heavy atom. The molecule has 0 fully saturated rings. The average Bonchev–Trinajstić information content (AvgIpc) is 3.02. The quantitative estimate of drug-likeness (QED) is 0.521. The molecular weight excluding hydrogens is 426 g/mol. The second-order valence-electron chi connectivity index (χ2n) is 7.78. The Morgan fingerprint density at radius 1 is 1.27 bits per heavy atom. The minimum absolute atomic E-state index is 0.0165. The number of amides is 1. The number of para-hydroxylation sites is 1. The zero-order valence-electron chi connectivity index (χ0n) is 18.7. The van der Waals surface area contributed by atoms with Gasteiger partial charge in [0.05, 0.1) is 19.3 Å². The number of nitrogens with two attached hydrogens (primary N) is 1. The highest BCUT2D eigenvalue weighted by molar-refractivity contribution is 6.18. The number of rotatable bonds is 6. The molecule has 9 heteroatoms. The molecule has 0 aliphatic carbocycles. The molecule has 172 valence electrons. The van der Waals surface area contributed by atoms with Gasteiger partial charge in [-0.25, -0.2) is 4.79 Å². The van der Waals surface area contributed by atoms with Crippen LogP contribution < -0.4 is 20.9 Å². The number of fused-ring (bicyclic) bond motifs is 4. The zero-order chi connectivity index (χ0) is 23.9. The van der Waals surface area contributed by atoms with Gasteiger partial charge in [-0.15, -0.1) is 6.58 Å². The minimum atomic E-state index is -1.83. The summed E-state index contributed by atoms with van der Waals surface area (Å²) < 4.78 is 17.4. The number of methoxy groups -OCH3 is 2. The van der Waals surface area contributed by atoms with Crippen LogP contribution in [-0.2, 0) is 31.0 Å². The van der Waals surface area contributed by atoms with Crippen molar-refractivity contribution in [1.82, 2.24) is 4.57 Å². The van der Waals surface area contributed by atoms with E-state index in [1.807, 2.05) is 0 Å². The van der Waals surface area contributed by atoms with E-state index in [4.69, 9.17) is 19.9 Å². The largest absolute Gasteiger partial charge is 0.465 e. The third-order valence-corrected chi connectivity index (χ3v) is 6.07. The van der Waals surface area contributed by atoms with E-state index in [0.29, 0.717) is 16.9 Å². The number of aromatic nitrogens is 1. The summed E-state index contributed by atoms with van der Waals surface area (Å²) in [7, 11) is 2.72. The number of carbonyl (C=O) groups excluding carboxylic acids is 2. The molecule has 0 saturated heterocycles. The molecule has 0 radical (unpaired) electrons. The second kappa shape index (κ2) is 8.25. The highest BCUT2D eigenvalue weighted by atomic mass is 16.5. The predicted octanol–water partition coefficient (Wildman–Crippen LogP) is 1.36. The number of hydrogen-bond donors (Lipinski definition) is 1. The highest BCUT2D eigenvalue weighted by Crippen LogP contribution is 2.54. The lowest BCUT2D eigenvalue weighted by atomic mass is 9.68. The van der Waals surface area contributed by atoms with Crippen molar-refractivity contribution < 1.29 is 23.8 Å². The third kappa shape index (κ3) is 3.00. The SMILES string of the molecule is C=CCN1C(=O)C2(C(C(=O)OC)=C(N)Oc3cc(C)n(CCOC)c(=O)c32)c2ccccc21. The first-order chi connectivity index (χ1) is 15.8. The molecule has 1 atom stereocenters. The minimum Gasteiger partial charge on any atom is -0.465 e. The van der Waals surface area contributed by atoms with Gasteiger partial charge in [0.25, 0.3) is 5.56 Å². The maximum absolute atomic E-state index is 14.2. The fraction of sp³-hybridized carbons (Fsp3) is 0.292. The first-order valence-electron chi connectivity index (χ1n) is 10.4. The van der Waals surface area contributed by atoms with Crippen molar-refractivity contribution in [2.75, 3.05) is 32.3 Å². The highest BCUT2D eigenvalue weighted by Gasteiger charge is 2.62. The summed E-state index contributed by atoms with van der Waals surface area (Å²) in [5, 5.41) is 0. The monoisotopic (exact) mass is 451 g/mol. The van der Waals surface area contributed by atoms with E-state index in [1.165, 1.54) is 23.7 Å². The van der Waals surface area contributed by atoms with Gasteiger partial charge in [0.1, 0.15) is 16.7 Å². The molecule has 1 aromatic carbocycles. The van der Waals surface area contributed by atoms with Gasteiger partial charge in [0.15, 0.2) is 0 Å². The molecule has 3 heterocycles. The Labute approximate surface area is 190 Å². The molecule has 2 N–H and O–H groups in total. The number of pyridine rings is 1. The third-order valence-electron chi connectivity index (χ3n) is 6.07. The molecule has 9 nitrogen and oxygen atoms in total. The summed E-state index contributed by atoms with van der Waals surface area (Å²) >= 11 is 0. The summed E-state index contributed by atoms with van der Waals surface area (Å²) in [6.07, 6.45) is 1.57. The molecule has 0 saturated carbocycles. The van der Waals surface area contributed by atoms with E-state index in [1.54, 1.807) is 43.3 Å². The predicted molar refractivity (Wildman–Crippen MR) is 121 cm³/mol. The number of esters is 1. The number of ether oxygens (including phenoxy) is 3. The summed E-state index contributed by atoms with van der Waals surface area (Å²) in [5.41, 5.74) is 5.31. The van der Waals surface area contributed by atoms with Crippen LogP contribution in [0.5, 0.6) is 5.75 Å². The maximum atomic E-state index is 14.2. The molecule has 1 aromatic heterocycles. The molecule has 1 unspecified atom stereocenters. The Kier molecular flexibility index (Phi) is 5.59. The average molecular weight is 451 g/mol. The van der Waals surface area contributed by atoms with Crippen LogP contribution in [0.3, 0.4) is 0 Å². The Hall–Kier alpha value is -3.85. The first kappa shape index (κ1) is 22.3. The standard InChI is InChI=1S/C24H25N3O6/c1-5-10-27-16-9-7-6-8-15(16)24(23(27)30)18-17(33-20(25)19(24)22(29)32-4)13-14(2)26(21(18)28)11-12-31-3/h5-9,13H,1,10-12,25H2,2-4H3. The first-order valence-corrected chi connectivity index (χ1v) is 10.4. The molecule has 1 amide bonds. The van der Waals surface area contributed by atoms with Crippen molar-refractivity contribution in [2.24, 2.45) is 5.73 Å². The van der Waals surface area contributed by atoms with Crippen molar-refractivity contribution >= 4 is 17.6 Å². The number of benzene rings is 1. The Balaban J connectivity index is 2.17. The summed E-state index contributed by atoms with van der Waals surface area (Å²) in [6, 6.07) is 8.62. The summed E-state index contributed by atoms with van der Waals surface area (Å²) in [6.45, 7) is 6.20. The molecule has 4 rings (SSSR count). The van der Waals surface area contributed by atoms with E-state index in [9.17, 15) is 14.4 Å². The molecule has 0 bridgehead atoms. The second-order valence-corrected chi connectivity index (χ2v) is 7.78. The molecular formula is C24H25N3O6. The lowest BCUT2D eigenvalue weighted by Crippen LogP contribution is -2.52. The molecule has 33 heavy (non-hydrogen) atoms. The van der Waals surface area contributed by atoms with Crippen LogP contribution in [0.15, 0.2) is 59.2 Å². The van der Waals surface area contributed by atoms with Crippen LogP contribution in [0.2, 0.25) is 0 Å². The van der Waals surface area contributed by atoms with Crippen LogP contribution in [0.1, 0.15) is 16.8 Å². The molecule has 2 aliphatic rings. The van der Waals surface area contributed by atoms with Crippen LogP contribution in [-0.4, -0.2) is 43.8 Å². The van der Waals surface area contributed by atoms with E-state index in [2.05, 4.69) is 6.58 Å². The van der Waals surface area contributed by atoms with Gasteiger partial charge in [-0.2, -0.15) is 0 Å². The summed E-state index contributed by atoms with van der Waals surface area (Å²) in [5.74, 6) is -1.52. The fourth-order valence-corrected chi connectivity index (χ4v) is 4.71. The van der Waals surface area contributed by atoms with Gasteiger partial charge in [-0.3, -0.25) is 9.59 Å². The van der Waals surface area contributed by atoms with Crippen LogP contribution >= 0.6 is 0 Å². The van der Waals surface area contributed by atoms with Crippen molar-refractivity contribution in [3.8, 4) is 5.75 Å². The normalized spacial score (nSPS) is 18.8. The Morgan fingerprint density at radius 3 is 2.67 bits per heavy atom. The van der Waals surface area contributed by atoms with Crippen molar-refractivity contribution in [3.63, 3.8) is 0 Å². The Bertz CT molecular complexity index is 1260. The van der Waals surface area contributed by atoms with E-state index in [-0.39, 0.29) is 42.5 Å². The number of hydrogen-bond acceptors (Lipinski definition) is 7. The smallest absolute Gasteiger partial charge is 0.340 e. The van der Waals surface area contributed by atoms with Crippen LogP contribution in [0, 0.1) is 6.92 Å². The van der Waals surface area contributed by atoms with E-state index < -0.39 is 22.9 Å². The number of carbonyl (C=O) groups is 2. The molecule has 2 aliphatic heterocycles. The van der Waals surface area contributed by atoms with E-state index in [0.717, 1.165) is 0 Å². The van der Waals surface area contributed by atoms with Crippen molar-refractivity contribution in [2.45, 2.75) is 18.9 Å². The van der Waals surface area contributed by atoms with Gasteiger partial charge < -0.3 is 29.4 Å². The molecule has 1 spiro atoms. The lowest BCUT2D eigenvalue weighted by Gasteiger charge is -2.35. The van der Waals surface area contributed by atoms with Gasteiger partial charge in [-0.05, 0) is 13.0 Å². The maximum Gasteiger partial charge on any atom is 0.340 e. The van der Waals surface area contributed by atoms with Gasteiger partial charge in [0.2, 0.25) is 11.8 Å². The summed E-state index contributed by atoms with van der Waals surface area (Å²) in [4.78, 5) is 42.6. The zero-order valence-corrected chi connectivity index (χ0v) is 18.7. The van der Waals surface area contributed by atoms with Crippen LogP contribution in [0.4, 0.5) is 5.69 Å². The van der Waals surface area contributed by atoms with Crippen LogP contribution in [0.25, 0.3) is 0 Å². The fourth-order valence-electron chi connectivity index (χ4n) is 4.71.